The fourth-order valence-corrected chi connectivity index (χ4v) is 6.20. The van der Waals surface area contributed by atoms with Crippen molar-refractivity contribution in [2.24, 2.45) is 0 Å². The van der Waals surface area contributed by atoms with Gasteiger partial charge < -0.3 is 33.9 Å². The molecule has 0 heterocycles. The number of fused-ring (bicyclic) bond motifs is 8. The minimum atomic E-state index is -0.662. The Kier molecular flexibility index (Phi) is 8.23. The van der Waals surface area contributed by atoms with Crippen molar-refractivity contribution < 1.29 is 33.9 Å². The van der Waals surface area contributed by atoms with Crippen LogP contribution in [0.1, 0.15) is 61.7 Å². The zero-order chi connectivity index (χ0) is 30.1. The first-order valence-electron chi connectivity index (χ1n) is 13.9. The second kappa shape index (κ2) is 11.9. The van der Waals surface area contributed by atoms with Gasteiger partial charge in [0.1, 0.15) is 40.6 Å². The lowest BCUT2D eigenvalue weighted by molar-refractivity contribution is 0.130. The minimum Gasteiger partial charge on any atom is -0.507 e. The third kappa shape index (κ3) is 5.32. The zero-order valence-corrected chi connectivity index (χ0v) is 25.3. The molecule has 4 aromatic carbocycles. The molecule has 220 valence electrons. The number of aromatic hydroxyl groups is 2. The molecule has 1 atom stereocenters. The number of phenolic OH excluding ortho intramolecular Hbond substituents is 2. The van der Waals surface area contributed by atoms with Crippen LogP contribution in [0.5, 0.6) is 34.5 Å². The first-order chi connectivity index (χ1) is 20.2. The number of methoxy groups -OCH3 is 5. The van der Waals surface area contributed by atoms with Gasteiger partial charge in [0.25, 0.3) is 0 Å². The first kappa shape index (κ1) is 29.1. The Morgan fingerprint density at radius 3 is 1.43 bits per heavy atom. The highest BCUT2D eigenvalue weighted by atomic mass is 16.5. The van der Waals surface area contributed by atoms with Gasteiger partial charge in [-0.15, -0.1) is 0 Å². The fourth-order valence-electron chi connectivity index (χ4n) is 6.20. The van der Waals surface area contributed by atoms with Crippen LogP contribution in [0.2, 0.25) is 0 Å². The fraction of sp³-hybridized carbons (Fsp3) is 0.314. The number of benzene rings is 4. The van der Waals surface area contributed by atoms with E-state index in [0.29, 0.717) is 59.0 Å². The molecule has 0 saturated heterocycles. The van der Waals surface area contributed by atoms with Crippen molar-refractivity contribution in [2.75, 3.05) is 35.5 Å². The number of aryl methyl sites for hydroxylation is 2. The summed E-state index contributed by atoms with van der Waals surface area (Å²) in [7, 11) is 8.11. The smallest absolute Gasteiger partial charge is 0.128 e. The Hall–Kier alpha value is -4.36. The summed E-state index contributed by atoms with van der Waals surface area (Å²) in [6.07, 6.45) is 0.529. The van der Waals surface area contributed by atoms with E-state index in [1.807, 2.05) is 44.2 Å². The first-order valence-corrected chi connectivity index (χ1v) is 13.9. The molecule has 7 heteroatoms. The van der Waals surface area contributed by atoms with E-state index in [-0.39, 0.29) is 11.5 Å². The summed E-state index contributed by atoms with van der Waals surface area (Å²) in [5.74, 6) is 2.90. The molecule has 0 spiro atoms. The molecule has 8 bridgehead atoms. The molecule has 42 heavy (non-hydrogen) atoms. The van der Waals surface area contributed by atoms with E-state index in [9.17, 15) is 10.2 Å². The van der Waals surface area contributed by atoms with Gasteiger partial charge in [-0.3, -0.25) is 0 Å². The van der Waals surface area contributed by atoms with Crippen LogP contribution in [0.15, 0.2) is 48.5 Å². The van der Waals surface area contributed by atoms with E-state index in [1.165, 1.54) is 0 Å². The van der Waals surface area contributed by atoms with Crippen LogP contribution >= 0.6 is 0 Å². The summed E-state index contributed by atoms with van der Waals surface area (Å²) in [5, 5.41) is 23.3. The van der Waals surface area contributed by atoms with Crippen molar-refractivity contribution in [1.82, 2.24) is 0 Å². The molecule has 0 fully saturated rings. The average molecular weight is 571 g/mol. The Labute approximate surface area is 247 Å². The lowest BCUT2D eigenvalue weighted by Gasteiger charge is -2.25. The molecule has 0 saturated carbocycles. The van der Waals surface area contributed by atoms with Gasteiger partial charge in [-0.2, -0.15) is 0 Å². The summed E-state index contributed by atoms with van der Waals surface area (Å²) in [4.78, 5) is 0. The molecule has 1 aliphatic rings. The second-order valence-corrected chi connectivity index (χ2v) is 10.8. The van der Waals surface area contributed by atoms with Crippen LogP contribution in [-0.4, -0.2) is 45.8 Å². The van der Waals surface area contributed by atoms with Crippen molar-refractivity contribution in [2.45, 2.75) is 39.2 Å². The van der Waals surface area contributed by atoms with Crippen LogP contribution in [-0.2, 0) is 24.0 Å². The molecule has 0 aromatic heterocycles. The molecular weight excluding hydrogens is 532 g/mol. The standard InChI is InChI=1S/C35H38O7/c1-19-8-24-12-21-15-27(38-3)16-22(31(21)36)13-26-10-20(2)11-30(34(26)41-6)35(42-7)29-18-28(39-4)17-23(32(29)37)14-25(9-19)33(24)40-5/h8-11,15-18,35-37H,12-14H2,1-7H3/t35-/m0/s1. The van der Waals surface area contributed by atoms with Crippen molar-refractivity contribution in [3.05, 3.63) is 104 Å². The summed E-state index contributed by atoms with van der Waals surface area (Å²) < 4.78 is 29.4. The van der Waals surface area contributed by atoms with E-state index in [0.717, 1.165) is 38.9 Å². The van der Waals surface area contributed by atoms with Gasteiger partial charge in [-0.25, -0.2) is 0 Å². The molecular formula is C35H38O7. The lowest BCUT2D eigenvalue weighted by atomic mass is 9.88. The maximum Gasteiger partial charge on any atom is 0.128 e. The van der Waals surface area contributed by atoms with E-state index >= 15 is 0 Å². The molecule has 0 radical (unpaired) electrons. The molecule has 0 unspecified atom stereocenters. The van der Waals surface area contributed by atoms with Crippen LogP contribution in [0, 0.1) is 13.8 Å². The van der Waals surface area contributed by atoms with Gasteiger partial charge in [-0.1, -0.05) is 29.3 Å². The van der Waals surface area contributed by atoms with Crippen molar-refractivity contribution >= 4 is 0 Å². The topological polar surface area (TPSA) is 86.6 Å². The van der Waals surface area contributed by atoms with E-state index < -0.39 is 6.10 Å². The number of rotatable bonds is 5. The van der Waals surface area contributed by atoms with Crippen LogP contribution in [0.25, 0.3) is 0 Å². The van der Waals surface area contributed by atoms with Crippen molar-refractivity contribution in [3.8, 4) is 34.5 Å². The number of hydrogen-bond acceptors (Lipinski definition) is 7. The summed E-state index contributed by atoms with van der Waals surface area (Å²) in [5.41, 5.74) is 8.14. The highest BCUT2D eigenvalue weighted by Crippen LogP contribution is 2.45. The molecule has 2 N–H and O–H groups in total. The summed E-state index contributed by atoms with van der Waals surface area (Å²) in [6.45, 7) is 4.03. The Balaban J connectivity index is 1.87. The highest BCUT2D eigenvalue weighted by Gasteiger charge is 2.27. The maximum atomic E-state index is 11.7. The van der Waals surface area contributed by atoms with Gasteiger partial charge in [0.2, 0.25) is 0 Å². The van der Waals surface area contributed by atoms with Crippen molar-refractivity contribution in [3.63, 3.8) is 0 Å². The van der Waals surface area contributed by atoms with Gasteiger partial charge in [0.15, 0.2) is 0 Å². The monoisotopic (exact) mass is 570 g/mol. The minimum absolute atomic E-state index is 0.123. The summed E-state index contributed by atoms with van der Waals surface area (Å²) in [6, 6.07) is 15.5. The third-order valence-electron chi connectivity index (χ3n) is 7.98. The lowest BCUT2D eigenvalue weighted by Crippen LogP contribution is -2.10. The SMILES string of the molecule is COc1cc2c(O)c(c1)Cc1cc(C)cc(c1OC)[C@@H](OC)c1cc(OC)cc(c1O)Cc1cc(C)cc(c1OC)C2. The quantitative estimate of drug-likeness (QED) is 0.281. The van der Waals surface area contributed by atoms with Crippen LogP contribution < -0.4 is 18.9 Å². The largest absolute Gasteiger partial charge is 0.507 e. The second-order valence-electron chi connectivity index (χ2n) is 10.8. The Morgan fingerprint density at radius 1 is 0.500 bits per heavy atom. The maximum absolute atomic E-state index is 11.7. The molecule has 0 aliphatic heterocycles. The molecule has 1 aliphatic carbocycles. The number of ether oxygens (including phenoxy) is 5. The van der Waals surface area contributed by atoms with E-state index in [1.54, 1.807) is 41.6 Å². The molecule has 0 amide bonds. The average Bonchev–Trinajstić information content (AvgIpc) is 2.96. The van der Waals surface area contributed by atoms with Crippen LogP contribution in [0.3, 0.4) is 0 Å². The molecule has 4 aromatic rings. The van der Waals surface area contributed by atoms with E-state index in [2.05, 4.69) is 12.1 Å². The predicted octanol–water partition coefficient (Wildman–Crippen LogP) is 6.57. The molecule has 5 rings (SSSR count). The van der Waals surface area contributed by atoms with Crippen molar-refractivity contribution in [1.29, 1.82) is 0 Å². The summed E-state index contributed by atoms with van der Waals surface area (Å²) >= 11 is 0. The number of hydrogen-bond donors (Lipinski definition) is 2. The van der Waals surface area contributed by atoms with E-state index in [4.69, 9.17) is 23.7 Å². The van der Waals surface area contributed by atoms with Gasteiger partial charge in [-0.05, 0) is 60.9 Å². The normalized spacial score (nSPS) is 14.3. The van der Waals surface area contributed by atoms with Gasteiger partial charge in [0, 0.05) is 54.2 Å². The van der Waals surface area contributed by atoms with Gasteiger partial charge >= 0.3 is 0 Å². The Bertz CT molecular complexity index is 1640. The highest BCUT2D eigenvalue weighted by molar-refractivity contribution is 5.59. The van der Waals surface area contributed by atoms with Crippen LogP contribution in [0.4, 0.5) is 0 Å². The third-order valence-corrected chi connectivity index (χ3v) is 7.98. The van der Waals surface area contributed by atoms with Gasteiger partial charge in [0.05, 0.1) is 28.4 Å². The predicted molar refractivity (Wildman–Crippen MR) is 162 cm³/mol. The Morgan fingerprint density at radius 2 is 0.952 bits per heavy atom. The zero-order valence-electron chi connectivity index (χ0n) is 25.3. The molecule has 7 nitrogen and oxygen atoms in total. The number of phenols is 2.